The molecule has 0 fully saturated rings. The lowest BCUT2D eigenvalue weighted by molar-refractivity contribution is -0.131. The van der Waals surface area contributed by atoms with Gasteiger partial charge in [-0.05, 0) is 23.3 Å². The van der Waals surface area contributed by atoms with Crippen molar-refractivity contribution in [2.45, 2.75) is 0 Å². The maximum atomic E-state index is 12.8. The molecule has 5 nitrogen and oxygen atoms in total. The van der Waals surface area contributed by atoms with Gasteiger partial charge in [-0.25, -0.2) is 9.78 Å². The van der Waals surface area contributed by atoms with Crippen molar-refractivity contribution in [3.63, 3.8) is 0 Å². The van der Waals surface area contributed by atoms with Crippen molar-refractivity contribution >= 4 is 22.8 Å². The van der Waals surface area contributed by atoms with E-state index in [0.717, 1.165) is 16.7 Å². The molecule has 0 spiro atoms. The van der Waals surface area contributed by atoms with E-state index >= 15 is 0 Å². The first-order chi connectivity index (χ1) is 15.0. The Morgan fingerprint density at radius 3 is 2.13 bits per heavy atom. The number of likely N-dealkylation sites (N-methyl/N-ethyl adjacent to an activating group) is 1. The SMILES string of the molecule is CN(C)C(=O)COC(=O)c1cc(-c2ccc(-c3ccccc3)cc2)nc2ccccc12. The van der Waals surface area contributed by atoms with Crippen LogP contribution in [-0.4, -0.2) is 42.5 Å². The van der Waals surface area contributed by atoms with E-state index < -0.39 is 5.97 Å². The molecule has 31 heavy (non-hydrogen) atoms. The van der Waals surface area contributed by atoms with Crippen LogP contribution in [-0.2, 0) is 9.53 Å². The van der Waals surface area contributed by atoms with Gasteiger partial charge in [0.05, 0.1) is 16.8 Å². The molecule has 0 aliphatic rings. The standard InChI is InChI=1S/C26H22N2O3/c1-28(2)25(29)17-31-26(30)22-16-24(27-23-11-7-6-10-21(22)23)20-14-12-19(13-15-20)18-8-4-3-5-9-18/h3-16H,17H2,1-2H3. The van der Waals surface area contributed by atoms with Crippen LogP contribution in [0.3, 0.4) is 0 Å². The highest BCUT2D eigenvalue weighted by molar-refractivity contribution is 6.05. The Balaban J connectivity index is 1.69. The number of ether oxygens (including phenoxy) is 1. The Hall–Kier alpha value is -3.99. The first-order valence-corrected chi connectivity index (χ1v) is 9.96. The van der Waals surface area contributed by atoms with Crippen molar-refractivity contribution in [2.75, 3.05) is 20.7 Å². The van der Waals surface area contributed by atoms with Crippen LogP contribution < -0.4 is 0 Å². The largest absolute Gasteiger partial charge is 0.452 e. The summed E-state index contributed by atoms with van der Waals surface area (Å²) in [5, 5.41) is 0.689. The summed E-state index contributed by atoms with van der Waals surface area (Å²) >= 11 is 0. The van der Waals surface area contributed by atoms with Gasteiger partial charge in [0, 0.05) is 25.0 Å². The average Bonchev–Trinajstić information content (AvgIpc) is 2.82. The molecule has 0 saturated carbocycles. The van der Waals surface area contributed by atoms with E-state index in [4.69, 9.17) is 9.72 Å². The maximum Gasteiger partial charge on any atom is 0.339 e. The van der Waals surface area contributed by atoms with Gasteiger partial charge in [0.2, 0.25) is 0 Å². The summed E-state index contributed by atoms with van der Waals surface area (Å²) in [5.41, 5.74) is 4.88. The van der Waals surface area contributed by atoms with Crippen molar-refractivity contribution < 1.29 is 14.3 Å². The molecule has 0 N–H and O–H groups in total. The van der Waals surface area contributed by atoms with E-state index in [1.165, 1.54) is 4.90 Å². The average molecular weight is 410 g/mol. The zero-order valence-electron chi connectivity index (χ0n) is 17.4. The number of fused-ring (bicyclic) bond motifs is 1. The number of esters is 1. The van der Waals surface area contributed by atoms with Crippen LogP contribution in [0.15, 0.2) is 84.9 Å². The first-order valence-electron chi connectivity index (χ1n) is 9.96. The number of carbonyl (C=O) groups excluding carboxylic acids is 2. The zero-order chi connectivity index (χ0) is 21.8. The molecule has 1 heterocycles. The number of pyridine rings is 1. The third-order valence-electron chi connectivity index (χ3n) is 5.05. The summed E-state index contributed by atoms with van der Waals surface area (Å²) in [6, 6.07) is 27.3. The van der Waals surface area contributed by atoms with E-state index in [1.807, 2.05) is 66.7 Å². The molecule has 0 unspecified atom stereocenters. The lowest BCUT2D eigenvalue weighted by atomic mass is 10.0. The van der Waals surface area contributed by atoms with Gasteiger partial charge in [-0.15, -0.1) is 0 Å². The molecule has 0 atom stereocenters. The van der Waals surface area contributed by atoms with Crippen molar-refractivity contribution in [3.05, 3.63) is 90.5 Å². The Morgan fingerprint density at radius 1 is 0.806 bits per heavy atom. The van der Waals surface area contributed by atoms with Gasteiger partial charge in [0.15, 0.2) is 6.61 Å². The van der Waals surface area contributed by atoms with E-state index in [1.54, 1.807) is 20.2 Å². The van der Waals surface area contributed by atoms with Crippen molar-refractivity contribution in [2.24, 2.45) is 0 Å². The zero-order valence-corrected chi connectivity index (χ0v) is 17.4. The van der Waals surface area contributed by atoms with Crippen LogP contribution >= 0.6 is 0 Å². The molecule has 0 bridgehead atoms. The topological polar surface area (TPSA) is 59.5 Å². The lowest BCUT2D eigenvalue weighted by Gasteiger charge is -2.12. The van der Waals surface area contributed by atoms with Crippen LogP contribution in [0.4, 0.5) is 0 Å². The number of benzene rings is 3. The van der Waals surface area contributed by atoms with Gasteiger partial charge >= 0.3 is 5.97 Å². The van der Waals surface area contributed by atoms with Gasteiger partial charge in [0.1, 0.15) is 0 Å². The van der Waals surface area contributed by atoms with Gasteiger partial charge < -0.3 is 9.64 Å². The number of aromatic nitrogens is 1. The summed E-state index contributed by atoms with van der Waals surface area (Å²) < 4.78 is 5.27. The van der Waals surface area contributed by atoms with E-state index in [0.29, 0.717) is 22.2 Å². The van der Waals surface area contributed by atoms with E-state index in [9.17, 15) is 9.59 Å². The second kappa shape index (κ2) is 8.79. The number of nitrogens with zero attached hydrogens (tertiary/aromatic N) is 2. The first kappa shape index (κ1) is 20.3. The molecule has 4 aromatic rings. The molecule has 4 rings (SSSR count). The van der Waals surface area contributed by atoms with Crippen molar-refractivity contribution in [3.8, 4) is 22.4 Å². The molecular formula is C26H22N2O3. The Labute approximate surface area is 180 Å². The highest BCUT2D eigenvalue weighted by Crippen LogP contribution is 2.28. The van der Waals surface area contributed by atoms with Gasteiger partial charge in [0.25, 0.3) is 5.91 Å². The van der Waals surface area contributed by atoms with E-state index in [2.05, 4.69) is 12.1 Å². The highest BCUT2D eigenvalue weighted by Gasteiger charge is 2.17. The third kappa shape index (κ3) is 4.46. The number of amides is 1. The van der Waals surface area contributed by atoms with E-state index in [-0.39, 0.29) is 12.5 Å². The predicted molar refractivity (Wildman–Crippen MR) is 122 cm³/mol. The van der Waals surface area contributed by atoms with Crippen LogP contribution in [0, 0.1) is 0 Å². The van der Waals surface area contributed by atoms with Gasteiger partial charge in [-0.1, -0.05) is 72.8 Å². The molecular weight excluding hydrogens is 388 g/mol. The highest BCUT2D eigenvalue weighted by atomic mass is 16.5. The van der Waals surface area contributed by atoms with Crippen LogP contribution in [0.5, 0.6) is 0 Å². The lowest BCUT2D eigenvalue weighted by Crippen LogP contribution is -2.27. The maximum absolute atomic E-state index is 12.8. The summed E-state index contributed by atoms with van der Waals surface area (Å²) in [6.07, 6.45) is 0. The molecule has 1 aromatic heterocycles. The Bertz CT molecular complexity index is 1230. The number of hydrogen-bond acceptors (Lipinski definition) is 4. The Kier molecular flexibility index (Phi) is 5.76. The smallest absolute Gasteiger partial charge is 0.339 e. The fourth-order valence-electron chi connectivity index (χ4n) is 3.29. The number of para-hydroxylation sites is 1. The van der Waals surface area contributed by atoms with Crippen molar-refractivity contribution in [1.82, 2.24) is 9.88 Å². The Morgan fingerprint density at radius 2 is 1.42 bits per heavy atom. The second-order valence-electron chi connectivity index (χ2n) is 7.38. The second-order valence-corrected chi connectivity index (χ2v) is 7.38. The normalized spacial score (nSPS) is 10.6. The molecule has 3 aromatic carbocycles. The summed E-state index contributed by atoms with van der Waals surface area (Å²) in [6.45, 7) is -0.302. The number of hydrogen-bond donors (Lipinski definition) is 0. The fourth-order valence-corrected chi connectivity index (χ4v) is 3.29. The summed E-state index contributed by atoms with van der Waals surface area (Å²) in [4.78, 5) is 30.7. The summed E-state index contributed by atoms with van der Waals surface area (Å²) in [7, 11) is 3.24. The van der Waals surface area contributed by atoms with Gasteiger partial charge in [-0.3, -0.25) is 4.79 Å². The minimum atomic E-state index is -0.545. The molecule has 0 saturated heterocycles. The quantitative estimate of drug-likeness (QED) is 0.443. The predicted octanol–water partition coefficient (Wildman–Crippen LogP) is 4.81. The minimum absolute atomic E-state index is 0.275. The van der Waals surface area contributed by atoms with Crippen LogP contribution in [0.1, 0.15) is 10.4 Å². The molecule has 0 aliphatic heterocycles. The third-order valence-corrected chi connectivity index (χ3v) is 5.05. The number of rotatable bonds is 5. The van der Waals surface area contributed by atoms with Crippen molar-refractivity contribution in [1.29, 1.82) is 0 Å². The molecule has 0 radical (unpaired) electrons. The van der Waals surface area contributed by atoms with Crippen LogP contribution in [0.2, 0.25) is 0 Å². The minimum Gasteiger partial charge on any atom is -0.452 e. The molecule has 1 amide bonds. The number of carbonyl (C=O) groups is 2. The summed E-state index contributed by atoms with van der Waals surface area (Å²) in [5.74, 6) is -0.820. The van der Waals surface area contributed by atoms with Gasteiger partial charge in [-0.2, -0.15) is 0 Å². The monoisotopic (exact) mass is 410 g/mol. The molecule has 0 aliphatic carbocycles. The molecule has 154 valence electrons. The van der Waals surface area contributed by atoms with Crippen LogP contribution in [0.25, 0.3) is 33.3 Å². The fraction of sp³-hybridized carbons (Fsp3) is 0.115. The molecule has 5 heteroatoms.